The molecule has 2 N–H and O–H groups in total. The largest absolute Gasteiger partial charge is 0.491 e. The smallest absolute Gasteiger partial charge is 0.122 e. The molecule has 0 bridgehead atoms. The van der Waals surface area contributed by atoms with E-state index in [1.54, 1.807) is 6.20 Å². The molecule has 0 saturated carbocycles. The summed E-state index contributed by atoms with van der Waals surface area (Å²) in [5.41, 5.74) is 7.11. The van der Waals surface area contributed by atoms with Gasteiger partial charge in [-0.05, 0) is 43.5 Å². The summed E-state index contributed by atoms with van der Waals surface area (Å²) in [6.07, 6.45) is 5.45. The van der Waals surface area contributed by atoms with Gasteiger partial charge in [0, 0.05) is 23.5 Å². The highest BCUT2D eigenvalue weighted by Gasteiger charge is 2.09. The summed E-state index contributed by atoms with van der Waals surface area (Å²) in [5.74, 6) is 1.85. The van der Waals surface area contributed by atoms with Crippen molar-refractivity contribution < 1.29 is 4.74 Å². The minimum Gasteiger partial charge on any atom is -0.491 e. The predicted molar refractivity (Wildman–Crippen MR) is 85.9 cm³/mol. The van der Waals surface area contributed by atoms with E-state index in [-0.39, 0.29) is 6.04 Å². The van der Waals surface area contributed by atoms with Gasteiger partial charge in [-0.2, -0.15) is 0 Å². The average Bonchev–Trinajstić information content (AvgIpc) is 2.86. The zero-order valence-corrected chi connectivity index (χ0v) is 13.3. The van der Waals surface area contributed by atoms with Crippen molar-refractivity contribution >= 4 is 11.6 Å². The molecular formula is C16H22ClN3O. The third-order valence-electron chi connectivity index (χ3n) is 3.54. The number of nitrogens with two attached hydrogens (primary N) is 1. The van der Waals surface area contributed by atoms with Crippen LogP contribution in [0.3, 0.4) is 0 Å². The predicted octanol–water partition coefficient (Wildman–Crippen LogP) is 3.20. The SMILES string of the molecule is CCC(N)Cc1cc(Cl)ccc1OCCn1ccnc1C. The van der Waals surface area contributed by atoms with Gasteiger partial charge in [-0.25, -0.2) is 4.98 Å². The molecule has 0 aliphatic rings. The van der Waals surface area contributed by atoms with E-state index in [2.05, 4.69) is 16.5 Å². The number of halogens is 1. The van der Waals surface area contributed by atoms with E-state index in [1.165, 1.54) is 0 Å². The summed E-state index contributed by atoms with van der Waals surface area (Å²) in [4.78, 5) is 4.20. The van der Waals surface area contributed by atoms with Crippen molar-refractivity contribution in [1.29, 1.82) is 0 Å². The lowest BCUT2D eigenvalue weighted by Crippen LogP contribution is -2.22. The lowest BCUT2D eigenvalue weighted by molar-refractivity contribution is 0.293. The maximum atomic E-state index is 6.07. The van der Waals surface area contributed by atoms with Gasteiger partial charge in [-0.15, -0.1) is 0 Å². The molecule has 2 rings (SSSR count). The summed E-state index contributed by atoms with van der Waals surface area (Å²) < 4.78 is 7.97. The third kappa shape index (κ3) is 4.48. The molecule has 1 atom stereocenters. The Kier molecular flexibility index (Phi) is 5.65. The van der Waals surface area contributed by atoms with Crippen molar-refractivity contribution in [2.24, 2.45) is 5.73 Å². The Hall–Kier alpha value is -1.52. The Bertz CT molecular complexity index is 583. The molecular weight excluding hydrogens is 286 g/mol. The maximum absolute atomic E-state index is 6.07. The molecule has 0 amide bonds. The molecule has 4 nitrogen and oxygen atoms in total. The Labute approximate surface area is 130 Å². The van der Waals surface area contributed by atoms with Crippen molar-refractivity contribution in [3.8, 4) is 5.75 Å². The fraction of sp³-hybridized carbons (Fsp3) is 0.438. The second-order valence-corrected chi connectivity index (χ2v) is 5.58. The molecule has 0 fully saturated rings. The molecule has 2 aromatic rings. The topological polar surface area (TPSA) is 53.1 Å². The van der Waals surface area contributed by atoms with Crippen molar-refractivity contribution in [2.75, 3.05) is 6.61 Å². The van der Waals surface area contributed by atoms with Crippen molar-refractivity contribution in [3.05, 3.63) is 47.0 Å². The first-order valence-electron chi connectivity index (χ1n) is 7.24. The van der Waals surface area contributed by atoms with Crippen LogP contribution in [0.4, 0.5) is 0 Å². The second-order valence-electron chi connectivity index (χ2n) is 5.14. The number of aromatic nitrogens is 2. The number of benzene rings is 1. The number of hydrogen-bond donors (Lipinski definition) is 1. The zero-order chi connectivity index (χ0) is 15.2. The van der Waals surface area contributed by atoms with E-state index in [4.69, 9.17) is 22.1 Å². The molecule has 1 aromatic heterocycles. The Morgan fingerprint density at radius 2 is 2.24 bits per heavy atom. The van der Waals surface area contributed by atoms with Gasteiger partial charge in [0.25, 0.3) is 0 Å². The Balaban J connectivity index is 2.00. The molecule has 1 heterocycles. The van der Waals surface area contributed by atoms with Crippen LogP contribution in [-0.2, 0) is 13.0 Å². The highest BCUT2D eigenvalue weighted by Crippen LogP contribution is 2.24. The maximum Gasteiger partial charge on any atom is 0.122 e. The van der Waals surface area contributed by atoms with Crippen molar-refractivity contribution in [3.63, 3.8) is 0 Å². The van der Waals surface area contributed by atoms with Crippen LogP contribution in [0.25, 0.3) is 0 Å². The molecule has 0 radical (unpaired) electrons. The number of rotatable bonds is 7. The van der Waals surface area contributed by atoms with Crippen LogP contribution in [0.1, 0.15) is 24.7 Å². The van der Waals surface area contributed by atoms with Gasteiger partial charge in [-0.3, -0.25) is 0 Å². The number of ether oxygens (including phenoxy) is 1. The normalized spacial score (nSPS) is 12.4. The van der Waals surface area contributed by atoms with Crippen LogP contribution >= 0.6 is 11.6 Å². The summed E-state index contributed by atoms with van der Waals surface area (Å²) in [6.45, 7) is 5.42. The van der Waals surface area contributed by atoms with Gasteiger partial charge in [-0.1, -0.05) is 18.5 Å². The fourth-order valence-corrected chi connectivity index (χ4v) is 2.36. The monoisotopic (exact) mass is 307 g/mol. The lowest BCUT2D eigenvalue weighted by Gasteiger charge is -2.15. The van der Waals surface area contributed by atoms with Crippen molar-refractivity contribution in [2.45, 2.75) is 39.3 Å². The van der Waals surface area contributed by atoms with Gasteiger partial charge in [0.2, 0.25) is 0 Å². The first-order valence-corrected chi connectivity index (χ1v) is 7.62. The minimum atomic E-state index is 0.127. The fourth-order valence-electron chi connectivity index (χ4n) is 2.17. The first kappa shape index (κ1) is 15.9. The van der Waals surface area contributed by atoms with Crippen LogP contribution in [0.15, 0.2) is 30.6 Å². The molecule has 1 unspecified atom stereocenters. The highest BCUT2D eigenvalue weighted by atomic mass is 35.5. The summed E-state index contributed by atoms with van der Waals surface area (Å²) in [5, 5.41) is 0.714. The van der Waals surface area contributed by atoms with Crippen molar-refractivity contribution in [1.82, 2.24) is 9.55 Å². The zero-order valence-electron chi connectivity index (χ0n) is 12.6. The number of imidazole rings is 1. The Morgan fingerprint density at radius 1 is 1.43 bits per heavy atom. The van der Waals surface area contributed by atoms with Crippen LogP contribution in [-0.4, -0.2) is 22.2 Å². The second kappa shape index (κ2) is 7.48. The standard InChI is InChI=1S/C16H22ClN3O/c1-3-15(18)11-13-10-14(17)4-5-16(13)21-9-8-20-7-6-19-12(20)2/h4-7,10,15H,3,8-9,11,18H2,1-2H3. The van der Waals surface area contributed by atoms with Crippen LogP contribution < -0.4 is 10.5 Å². The van der Waals surface area contributed by atoms with E-state index >= 15 is 0 Å². The molecule has 1 aromatic carbocycles. The third-order valence-corrected chi connectivity index (χ3v) is 3.78. The van der Waals surface area contributed by atoms with Gasteiger partial charge in [0.1, 0.15) is 18.2 Å². The molecule has 0 aliphatic heterocycles. The van der Waals surface area contributed by atoms with Crippen LogP contribution in [0.2, 0.25) is 5.02 Å². The summed E-state index contributed by atoms with van der Waals surface area (Å²) in [6, 6.07) is 5.83. The molecule has 0 saturated heterocycles. The minimum absolute atomic E-state index is 0.127. The molecule has 21 heavy (non-hydrogen) atoms. The molecule has 0 spiro atoms. The number of aryl methyl sites for hydroxylation is 1. The molecule has 0 aliphatic carbocycles. The van der Waals surface area contributed by atoms with E-state index < -0.39 is 0 Å². The Morgan fingerprint density at radius 3 is 2.90 bits per heavy atom. The first-order chi connectivity index (χ1) is 10.1. The van der Waals surface area contributed by atoms with Crippen LogP contribution in [0, 0.1) is 6.92 Å². The van der Waals surface area contributed by atoms with Gasteiger partial charge < -0.3 is 15.0 Å². The highest BCUT2D eigenvalue weighted by molar-refractivity contribution is 6.30. The van der Waals surface area contributed by atoms with Gasteiger partial charge in [0.15, 0.2) is 0 Å². The summed E-state index contributed by atoms with van der Waals surface area (Å²) in [7, 11) is 0. The van der Waals surface area contributed by atoms with Gasteiger partial charge >= 0.3 is 0 Å². The lowest BCUT2D eigenvalue weighted by atomic mass is 10.0. The van der Waals surface area contributed by atoms with E-state index in [0.717, 1.165) is 36.5 Å². The van der Waals surface area contributed by atoms with Crippen LogP contribution in [0.5, 0.6) is 5.75 Å². The summed E-state index contributed by atoms with van der Waals surface area (Å²) >= 11 is 6.07. The number of nitrogens with zero attached hydrogens (tertiary/aromatic N) is 2. The number of hydrogen-bond acceptors (Lipinski definition) is 3. The molecule has 114 valence electrons. The van der Waals surface area contributed by atoms with E-state index in [0.29, 0.717) is 11.6 Å². The van der Waals surface area contributed by atoms with E-state index in [1.807, 2.05) is 31.3 Å². The quantitative estimate of drug-likeness (QED) is 0.854. The van der Waals surface area contributed by atoms with E-state index in [9.17, 15) is 0 Å². The van der Waals surface area contributed by atoms with Gasteiger partial charge in [0.05, 0.1) is 6.54 Å². The molecule has 5 heteroatoms. The average molecular weight is 308 g/mol.